The highest BCUT2D eigenvalue weighted by Gasteiger charge is 2.22. The average molecular weight is 248 g/mol. The summed E-state index contributed by atoms with van der Waals surface area (Å²) in [4.78, 5) is 1.13. The molecule has 0 bridgehead atoms. The van der Waals surface area contributed by atoms with Gasteiger partial charge in [0, 0.05) is 5.56 Å². The lowest BCUT2D eigenvalue weighted by Crippen LogP contribution is -2.03. The number of aryl methyl sites for hydroxylation is 1. The Morgan fingerprint density at radius 1 is 1.41 bits per heavy atom. The second-order valence-electron chi connectivity index (χ2n) is 3.97. The average Bonchev–Trinajstić information content (AvgIpc) is 3.09. The third-order valence-electron chi connectivity index (χ3n) is 2.62. The highest BCUT2D eigenvalue weighted by Crippen LogP contribution is 2.25. The molecule has 1 saturated heterocycles. The summed E-state index contributed by atoms with van der Waals surface area (Å²) in [5.74, 6) is 0.866. The molecule has 1 aromatic heterocycles. The van der Waals surface area contributed by atoms with Gasteiger partial charge in [0.2, 0.25) is 0 Å². The van der Waals surface area contributed by atoms with Crippen molar-refractivity contribution in [3.05, 3.63) is 29.1 Å². The van der Waals surface area contributed by atoms with Crippen molar-refractivity contribution in [3.8, 4) is 17.0 Å². The minimum atomic E-state index is 0.291. The quantitative estimate of drug-likeness (QED) is 0.779. The predicted octanol–water partition coefficient (Wildman–Crippen LogP) is 2.29. The van der Waals surface area contributed by atoms with Crippen LogP contribution in [-0.4, -0.2) is 28.9 Å². The number of hydrogen-bond donors (Lipinski definition) is 0. The first kappa shape index (κ1) is 10.7. The molecule has 1 unspecified atom stereocenters. The van der Waals surface area contributed by atoms with Crippen LogP contribution in [0.5, 0.6) is 5.75 Å². The zero-order chi connectivity index (χ0) is 11.7. The lowest BCUT2D eigenvalue weighted by molar-refractivity contribution is 0.263. The molecule has 1 fully saturated rings. The fourth-order valence-electron chi connectivity index (χ4n) is 1.56. The molecular weight excluding hydrogens is 236 g/mol. The van der Waals surface area contributed by atoms with E-state index < -0.39 is 0 Å². The molecule has 0 saturated carbocycles. The monoisotopic (exact) mass is 248 g/mol. The maximum Gasteiger partial charge on any atom is 0.119 e. The molecule has 0 amide bonds. The van der Waals surface area contributed by atoms with E-state index in [2.05, 4.69) is 9.59 Å². The third-order valence-corrected chi connectivity index (χ3v) is 3.25. The first-order valence-corrected chi connectivity index (χ1v) is 6.24. The van der Waals surface area contributed by atoms with Gasteiger partial charge in [0.05, 0.1) is 11.5 Å². The van der Waals surface area contributed by atoms with Crippen molar-refractivity contribution >= 4 is 11.5 Å². The summed E-state index contributed by atoms with van der Waals surface area (Å²) in [5.41, 5.74) is 2.03. The van der Waals surface area contributed by atoms with Gasteiger partial charge in [0.25, 0.3) is 0 Å². The number of ether oxygens (including phenoxy) is 2. The second-order valence-corrected chi connectivity index (χ2v) is 4.93. The van der Waals surface area contributed by atoms with E-state index in [-0.39, 0.29) is 0 Å². The molecule has 88 valence electrons. The van der Waals surface area contributed by atoms with E-state index in [4.69, 9.17) is 9.47 Å². The summed E-state index contributed by atoms with van der Waals surface area (Å²) in [6.45, 7) is 3.48. The summed E-state index contributed by atoms with van der Waals surface area (Å²) in [6, 6.07) is 7.92. The van der Waals surface area contributed by atoms with Gasteiger partial charge in [0.1, 0.15) is 24.2 Å². The zero-order valence-electron chi connectivity index (χ0n) is 9.42. The van der Waals surface area contributed by atoms with Crippen LogP contribution in [0.4, 0.5) is 0 Å². The molecule has 17 heavy (non-hydrogen) atoms. The van der Waals surface area contributed by atoms with Crippen molar-refractivity contribution in [1.29, 1.82) is 0 Å². The Bertz CT molecular complexity index is 505. The van der Waals surface area contributed by atoms with Gasteiger partial charge >= 0.3 is 0 Å². The van der Waals surface area contributed by atoms with Crippen molar-refractivity contribution < 1.29 is 9.47 Å². The van der Waals surface area contributed by atoms with Gasteiger partial charge in [0.15, 0.2) is 0 Å². The Balaban J connectivity index is 1.72. The van der Waals surface area contributed by atoms with E-state index in [9.17, 15) is 0 Å². The van der Waals surface area contributed by atoms with E-state index in [1.807, 2.05) is 31.2 Å². The Morgan fingerprint density at radius 3 is 2.76 bits per heavy atom. The topological polar surface area (TPSA) is 47.5 Å². The molecule has 1 aliphatic rings. The van der Waals surface area contributed by atoms with Crippen LogP contribution in [0.25, 0.3) is 11.3 Å². The Morgan fingerprint density at radius 2 is 2.18 bits per heavy atom. The normalized spacial score (nSPS) is 18.1. The number of nitrogens with zero attached hydrogens (tertiary/aromatic N) is 2. The summed E-state index contributed by atoms with van der Waals surface area (Å²) >= 11 is 1.42. The number of epoxide rings is 1. The lowest BCUT2D eigenvalue weighted by Gasteiger charge is -2.04. The minimum absolute atomic E-state index is 0.291. The summed E-state index contributed by atoms with van der Waals surface area (Å²) in [5, 5.41) is 4.11. The molecule has 0 aliphatic carbocycles. The van der Waals surface area contributed by atoms with Crippen LogP contribution in [0, 0.1) is 6.92 Å². The van der Waals surface area contributed by atoms with E-state index >= 15 is 0 Å². The molecule has 2 heterocycles. The van der Waals surface area contributed by atoms with Crippen molar-refractivity contribution in [2.45, 2.75) is 13.0 Å². The molecule has 3 rings (SSSR count). The van der Waals surface area contributed by atoms with E-state index in [1.165, 1.54) is 11.5 Å². The Kier molecular flexibility index (Phi) is 2.78. The molecule has 5 heteroatoms. The van der Waals surface area contributed by atoms with Gasteiger partial charge in [-0.1, -0.05) is 4.49 Å². The highest BCUT2D eigenvalue weighted by molar-refractivity contribution is 7.05. The lowest BCUT2D eigenvalue weighted by atomic mass is 10.1. The van der Waals surface area contributed by atoms with E-state index in [1.54, 1.807) is 0 Å². The first-order valence-electron chi connectivity index (χ1n) is 5.47. The third kappa shape index (κ3) is 2.45. The number of benzene rings is 1. The predicted molar refractivity (Wildman–Crippen MR) is 65.3 cm³/mol. The van der Waals surface area contributed by atoms with Gasteiger partial charge in [-0.15, -0.1) is 5.10 Å². The largest absolute Gasteiger partial charge is 0.491 e. The van der Waals surface area contributed by atoms with Gasteiger partial charge in [-0.3, -0.25) is 0 Å². The molecule has 0 spiro atoms. The fourth-order valence-corrected chi connectivity index (χ4v) is 2.05. The molecule has 2 aromatic rings. The maximum atomic E-state index is 5.57. The molecule has 0 radical (unpaired) electrons. The SMILES string of the molecule is Cc1snnc1-c1ccc(OCC2CO2)cc1. The van der Waals surface area contributed by atoms with Crippen molar-refractivity contribution in [2.75, 3.05) is 13.2 Å². The Labute approximate surface area is 103 Å². The van der Waals surface area contributed by atoms with Gasteiger partial charge in [-0.25, -0.2) is 0 Å². The summed E-state index contributed by atoms with van der Waals surface area (Å²) < 4.78 is 14.6. The van der Waals surface area contributed by atoms with Crippen LogP contribution in [0.15, 0.2) is 24.3 Å². The van der Waals surface area contributed by atoms with Crippen LogP contribution in [0.2, 0.25) is 0 Å². The summed E-state index contributed by atoms with van der Waals surface area (Å²) in [6.07, 6.45) is 0.291. The van der Waals surface area contributed by atoms with Gasteiger partial charge in [-0.05, 0) is 42.7 Å². The zero-order valence-corrected chi connectivity index (χ0v) is 10.2. The van der Waals surface area contributed by atoms with Crippen LogP contribution in [0.3, 0.4) is 0 Å². The summed E-state index contributed by atoms with van der Waals surface area (Å²) in [7, 11) is 0. The fraction of sp³-hybridized carbons (Fsp3) is 0.333. The van der Waals surface area contributed by atoms with Crippen LogP contribution in [-0.2, 0) is 4.74 Å². The van der Waals surface area contributed by atoms with Gasteiger partial charge < -0.3 is 9.47 Å². The second kappa shape index (κ2) is 4.43. The van der Waals surface area contributed by atoms with Crippen LogP contribution in [0.1, 0.15) is 4.88 Å². The highest BCUT2D eigenvalue weighted by atomic mass is 32.1. The maximum absolute atomic E-state index is 5.57. The number of rotatable bonds is 4. The van der Waals surface area contributed by atoms with Crippen LogP contribution < -0.4 is 4.74 Å². The molecule has 1 aromatic carbocycles. The minimum Gasteiger partial charge on any atom is -0.491 e. The van der Waals surface area contributed by atoms with Crippen molar-refractivity contribution in [2.24, 2.45) is 0 Å². The molecule has 4 nitrogen and oxygen atoms in total. The standard InChI is InChI=1S/C12H12N2O2S/c1-8-12(13-14-17-8)9-2-4-10(5-3-9)15-6-11-7-16-11/h2-5,11H,6-7H2,1H3. The Hall–Kier alpha value is -1.46. The smallest absolute Gasteiger partial charge is 0.119 e. The molecule has 0 N–H and O–H groups in total. The van der Waals surface area contributed by atoms with Crippen molar-refractivity contribution in [3.63, 3.8) is 0 Å². The molecule has 1 atom stereocenters. The van der Waals surface area contributed by atoms with E-state index in [0.717, 1.165) is 28.5 Å². The van der Waals surface area contributed by atoms with Crippen LogP contribution >= 0.6 is 11.5 Å². The first-order chi connectivity index (χ1) is 8.33. The number of hydrogen-bond acceptors (Lipinski definition) is 5. The van der Waals surface area contributed by atoms with E-state index in [0.29, 0.717) is 12.7 Å². The molecular formula is C12H12N2O2S. The van der Waals surface area contributed by atoms with Crippen molar-refractivity contribution in [1.82, 2.24) is 9.59 Å². The van der Waals surface area contributed by atoms with Gasteiger partial charge in [-0.2, -0.15) is 0 Å². The molecule has 1 aliphatic heterocycles. The number of aromatic nitrogens is 2.